The first-order valence-electron chi connectivity index (χ1n) is 7.75. The average Bonchev–Trinajstić information content (AvgIpc) is 3.02. The van der Waals surface area contributed by atoms with Crippen LogP contribution in [0.25, 0.3) is 0 Å². The molecule has 128 valence electrons. The molecule has 3 aliphatic heterocycles. The standard InChI is InChI=1S/C15H20N2O4S.ClH/c18-22(19,17-4-3-11-8-16-9-12(11)10-17)13-1-2-14-15(7-13)21-6-5-20-14;/h1-2,7,11-12,16H,3-6,8-10H2;1H. The second-order valence-electron chi connectivity index (χ2n) is 6.14. The molecule has 0 spiro atoms. The highest BCUT2D eigenvalue weighted by Crippen LogP contribution is 2.35. The number of hydrogen-bond acceptors (Lipinski definition) is 5. The molecule has 0 saturated carbocycles. The normalized spacial score (nSPS) is 27.1. The SMILES string of the molecule is Cl.O=S(=O)(c1ccc2c(c1)OCCO2)N1CCC2CNCC2C1. The first-order valence-corrected chi connectivity index (χ1v) is 9.19. The number of nitrogens with zero attached hydrogens (tertiary/aromatic N) is 1. The second kappa shape index (κ2) is 6.47. The summed E-state index contributed by atoms with van der Waals surface area (Å²) < 4.78 is 38.3. The van der Waals surface area contributed by atoms with Gasteiger partial charge >= 0.3 is 0 Å². The Hall–Kier alpha value is -1.02. The Morgan fingerprint density at radius 2 is 1.83 bits per heavy atom. The van der Waals surface area contributed by atoms with Gasteiger partial charge in [-0.2, -0.15) is 4.31 Å². The lowest BCUT2D eigenvalue weighted by atomic mass is 9.90. The van der Waals surface area contributed by atoms with Gasteiger partial charge in [-0.05, 0) is 43.5 Å². The Balaban J connectivity index is 0.00000156. The summed E-state index contributed by atoms with van der Waals surface area (Å²) in [6.07, 6.45) is 0.932. The molecule has 2 unspecified atom stereocenters. The molecule has 6 nitrogen and oxygen atoms in total. The highest BCUT2D eigenvalue weighted by Gasteiger charge is 2.38. The van der Waals surface area contributed by atoms with Crippen LogP contribution in [0.15, 0.2) is 23.1 Å². The molecule has 2 atom stereocenters. The minimum absolute atomic E-state index is 0. The van der Waals surface area contributed by atoms with Crippen LogP contribution in [0.4, 0.5) is 0 Å². The van der Waals surface area contributed by atoms with Crippen LogP contribution >= 0.6 is 12.4 Å². The smallest absolute Gasteiger partial charge is 0.243 e. The molecule has 0 bridgehead atoms. The van der Waals surface area contributed by atoms with Crippen LogP contribution in [0.5, 0.6) is 11.5 Å². The third kappa shape index (κ3) is 3.03. The predicted molar refractivity (Wildman–Crippen MR) is 87.9 cm³/mol. The highest BCUT2D eigenvalue weighted by molar-refractivity contribution is 7.89. The number of sulfonamides is 1. The molecule has 2 saturated heterocycles. The lowest BCUT2D eigenvalue weighted by Gasteiger charge is -2.33. The molecule has 2 fully saturated rings. The van der Waals surface area contributed by atoms with Gasteiger partial charge in [0.25, 0.3) is 0 Å². The van der Waals surface area contributed by atoms with E-state index in [1.54, 1.807) is 22.5 Å². The maximum atomic E-state index is 12.9. The lowest BCUT2D eigenvalue weighted by molar-refractivity contribution is 0.171. The van der Waals surface area contributed by atoms with Crippen molar-refractivity contribution in [2.75, 3.05) is 39.4 Å². The van der Waals surface area contributed by atoms with E-state index in [1.165, 1.54) is 0 Å². The van der Waals surface area contributed by atoms with Crippen molar-refractivity contribution >= 4 is 22.4 Å². The number of ether oxygens (including phenoxy) is 2. The Morgan fingerprint density at radius 1 is 1.09 bits per heavy atom. The summed E-state index contributed by atoms with van der Waals surface area (Å²) in [5.41, 5.74) is 0. The molecule has 23 heavy (non-hydrogen) atoms. The molecule has 4 rings (SSSR count). The van der Waals surface area contributed by atoms with Gasteiger partial charge in [-0.1, -0.05) is 0 Å². The number of piperidine rings is 1. The summed E-state index contributed by atoms with van der Waals surface area (Å²) in [6.45, 7) is 4.09. The molecule has 1 aromatic carbocycles. The Morgan fingerprint density at radius 3 is 2.65 bits per heavy atom. The van der Waals surface area contributed by atoms with E-state index in [1.807, 2.05) is 0 Å². The maximum Gasteiger partial charge on any atom is 0.243 e. The summed E-state index contributed by atoms with van der Waals surface area (Å²) in [4.78, 5) is 0.293. The van der Waals surface area contributed by atoms with Gasteiger partial charge in [-0.15, -0.1) is 12.4 Å². The predicted octanol–water partition coefficient (Wildman–Crippen LogP) is 1.11. The molecular weight excluding hydrogens is 340 g/mol. The van der Waals surface area contributed by atoms with Crippen LogP contribution in [0, 0.1) is 11.8 Å². The number of nitrogens with one attached hydrogen (secondary N) is 1. The van der Waals surface area contributed by atoms with Gasteiger partial charge < -0.3 is 14.8 Å². The van der Waals surface area contributed by atoms with E-state index in [4.69, 9.17) is 9.47 Å². The van der Waals surface area contributed by atoms with E-state index in [9.17, 15) is 8.42 Å². The molecule has 0 amide bonds. The second-order valence-corrected chi connectivity index (χ2v) is 8.07. The topological polar surface area (TPSA) is 67.9 Å². The number of rotatable bonds is 2. The number of fused-ring (bicyclic) bond motifs is 2. The molecule has 3 heterocycles. The monoisotopic (exact) mass is 360 g/mol. The zero-order valence-corrected chi connectivity index (χ0v) is 14.4. The molecule has 8 heteroatoms. The molecule has 0 aliphatic carbocycles. The fourth-order valence-electron chi connectivity index (χ4n) is 3.55. The van der Waals surface area contributed by atoms with E-state index >= 15 is 0 Å². The van der Waals surface area contributed by atoms with Crippen LogP contribution in [0.2, 0.25) is 0 Å². The molecule has 3 aliphatic rings. The average molecular weight is 361 g/mol. The van der Waals surface area contributed by atoms with Gasteiger partial charge in [0.15, 0.2) is 11.5 Å². The lowest BCUT2D eigenvalue weighted by Crippen LogP contribution is -2.43. The first kappa shape index (κ1) is 16.8. The largest absolute Gasteiger partial charge is 0.486 e. The van der Waals surface area contributed by atoms with E-state index in [2.05, 4.69) is 5.32 Å². The van der Waals surface area contributed by atoms with Crippen molar-refractivity contribution in [2.24, 2.45) is 11.8 Å². The zero-order valence-electron chi connectivity index (χ0n) is 12.7. The van der Waals surface area contributed by atoms with E-state index < -0.39 is 10.0 Å². The van der Waals surface area contributed by atoms with Crippen LogP contribution in [0.1, 0.15) is 6.42 Å². The Kier molecular flexibility index (Phi) is 4.73. The van der Waals surface area contributed by atoms with Crippen LogP contribution < -0.4 is 14.8 Å². The van der Waals surface area contributed by atoms with Crippen molar-refractivity contribution in [3.05, 3.63) is 18.2 Å². The quantitative estimate of drug-likeness (QED) is 0.855. The summed E-state index contributed by atoms with van der Waals surface area (Å²) in [7, 11) is -3.46. The van der Waals surface area contributed by atoms with Gasteiger partial charge in [-0.25, -0.2) is 8.42 Å². The van der Waals surface area contributed by atoms with Gasteiger partial charge in [0, 0.05) is 19.2 Å². The number of hydrogen-bond donors (Lipinski definition) is 1. The van der Waals surface area contributed by atoms with Crippen LogP contribution in [0.3, 0.4) is 0 Å². The van der Waals surface area contributed by atoms with Gasteiger partial charge in [0.1, 0.15) is 13.2 Å². The number of benzene rings is 1. The van der Waals surface area contributed by atoms with Crippen molar-refractivity contribution in [1.82, 2.24) is 9.62 Å². The van der Waals surface area contributed by atoms with Gasteiger partial charge in [0.05, 0.1) is 4.90 Å². The van der Waals surface area contributed by atoms with Crippen molar-refractivity contribution in [2.45, 2.75) is 11.3 Å². The summed E-state index contributed by atoms with van der Waals surface area (Å²) in [5.74, 6) is 2.18. The van der Waals surface area contributed by atoms with Crippen molar-refractivity contribution in [1.29, 1.82) is 0 Å². The van der Waals surface area contributed by atoms with E-state index in [0.717, 1.165) is 19.5 Å². The molecule has 0 radical (unpaired) electrons. The number of halogens is 1. The highest BCUT2D eigenvalue weighted by atomic mass is 35.5. The van der Waals surface area contributed by atoms with Crippen LogP contribution in [-0.2, 0) is 10.0 Å². The van der Waals surface area contributed by atoms with E-state index in [-0.39, 0.29) is 12.4 Å². The fraction of sp³-hybridized carbons (Fsp3) is 0.600. The maximum absolute atomic E-state index is 12.9. The molecular formula is C15H21ClN2O4S. The van der Waals surface area contributed by atoms with Crippen molar-refractivity contribution in [3.63, 3.8) is 0 Å². The third-order valence-electron chi connectivity index (χ3n) is 4.82. The summed E-state index contributed by atoms with van der Waals surface area (Å²) in [6, 6.07) is 4.88. The molecule has 1 aromatic rings. The fourth-order valence-corrected chi connectivity index (χ4v) is 5.08. The molecule has 1 N–H and O–H groups in total. The Bertz CT molecular complexity index is 682. The minimum Gasteiger partial charge on any atom is -0.486 e. The van der Waals surface area contributed by atoms with Crippen molar-refractivity contribution < 1.29 is 17.9 Å². The summed E-state index contributed by atoms with van der Waals surface area (Å²) >= 11 is 0. The van der Waals surface area contributed by atoms with Gasteiger partial charge in [0.2, 0.25) is 10.0 Å². The van der Waals surface area contributed by atoms with Gasteiger partial charge in [-0.3, -0.25) is 0 Å². The van der Waals surface area contributed by atoms with Crippen molar-refractivity contribution in [3.8, 4) is 11.5 Å². The molecule has 0 aromatic heterocycles. The zero-order chi connectivity index (χ0) is 15.2. The summed E-state index contributed by atoms with van der Waals surface area (Å²) in [5, 5.41) is 3.36. The van der Waals surface area contributed by atoms with E-state index in [0.29, 0.717) is 54.5 Å². The third-order valence-corrected chi connectivity index (χ3v) is 6.68. The first-order chi connectivity index (χ1) is 10.6. The Labute approximate surface area is 142 Å². The van der Waals surface area contributed by atoms with Crippen LogP contribution in [-0.4, -0.2) is 52.1 Å². The minimum atomic E-state index is -3.46.